The number of rotatable bonds is 7. The highest BCUT2D eigenvalue weighted by Crippen LogP contribution is 2.28. The summed E-state index contributed by atoms with van der Waals surface area (Å²) in [6, 6.07) is 11.1. The van der Waals surface area contributed by atoms with E-state index in [1.807, 2.05) is 0 Å². The van der Waals surface area contributed by atoms with Crippen LogP contribution < -0.4 is 10.0 Å². The summed E-state index contributed by atoms with van der Waals surface area (Å²) in [7, 11) is -4.12. The summed E-state index contributed by atoms with van der Waals surface area (Å²) in [5, 5.41) is 4.26. The van der Waals surface area contributed by atoms with Crippen LogP contribution in [-0.2, 0) is 16.4 Å². The van der Waals surface area contributed by atoms with Crippen LogP contribution in [0.4, 0.5) is 5.69 Å². The van der Waals surface area contributed by atoms with Crippen LogP contribution in [0.25, 0.3) is 10.1 Å². The lowest BCUT2D eigenvalue weighted by Crippen LogP contribution is -2.27. The van der Waals surface area contributed by atoms with Crippen LogP contribution in [-0.4, -0.2) is 30.2 Å². The molecule has 2 heterocycles. The molecule has 0 unspecified atom stereocenters. The molecule has 0 aliphatic carbocycles. The van der Waals surface area contributed by atoms with Crippen molar-refractivity contribution >= 4 is 78.0 Å². The molecular formula is C21H15Cl3N4O3S2. The van der Waals surface area contributed by atoms with Crippen molar-refractivity contribution in [1.29, 1.82) is 0 Å². The molecule has 0 aliphatic rings. The second-order valence-electron chi connectivity index (χ2n) is 6.89. The molecule has 0 radical (unpaired) electrons. The molecule has 2 N–H and O–H groups in total. The normalized spacial score (nSPS) is 11.5. The largest absolute Gasteiger partial charge is 0.352 e. The maximum absolute atomic E-state index is 13.1. The number of sulfonamides is 1. The van der Waals surface area contributed by atoms with Crippen molar-refractivity contribution in [3.8, 4) is 0 Å². The first-order valence-electron chi connectivity index (χ1n) is 9.48. The molecule has 0 saturated heterocycles. The first kappa shape index (κ1) is 23.7. The highest BCUT2D eigenvalue weighted by atomic mass is 35.5. The van der Waals surface area contributed by atoms with E-state index in [-0.39, 0.29) is 27.8 Å². The molecule has 4 aromatic rings. The van der Waals surface area contributed by atoms with Gasteiger partial charge in [-0.25, -0.2) is 4.98 Å². The summed E-state index contributed by atoms with van der Waals surface area (Å²) in [5.74, 6) is -0.474. The highest BCUT2D eigenvalue weighted by molar-refractivity contribution is 7.92. The molecular weight excluding hydrogens is 527 g/mol. The van der Waals surface area contributed by atoms with E-state index < -0.39 is 15.9 Å². The van der Waals surface area contributed by atoms with E-state index in [2.05, 4.69) is 19.4 Å². The average Bonchev–Trinajstić information content (AvgIpc) is 3.24. The van der Waals surface area contributed by atoms with Crippen LogP contribution in [0.15, 0.2) is 59.9 Å². The smallest absolute Gasteiger partial charge is 0.280 e. The zero-order valence-electron chi connectivity index (χ0n) is 16.7. The van der Waals surface area contributed by atoms with Crippen LogP contribution in [0.3, 0.4) is 0 Å². The minimum absolute atomic E-state index is 0.0338. The summed E-state index contributed by atoms with van der Waals surface area (Å²) in [4.78, 5) is 16.8. The SMILES string of the molecule is O=C(NCCc1ccc(Cl)cc1Cl)c1ccc(Cl)cc1NS(=O)(=O)c1nccc2sncc12. The molecule has 0 saturated carbocycles. The predicted molar refractivity (Wildman–Crippen MR) is 132 cm³/mol. The fourth-order valence-electron chi connectivity index (χ4n) is 3.11. The van der Waals surface area contributed by atoms with Gasteiger partial charge in [-0.15, -0.1) is 0 Å². The fourth-order valence-corrected chi connectivity index (χ4v) is 5.70. The number of benzene rings is 2. The van der Waals surface area contributed by atoms with Crippen LogP contribution in [0.1, 0.15) is 15.9 Å². The Morgan fingerprint density at radius 2 is 1.79 bits per heavy atom. The molecule has 0 spiro atoms. The monoisotopic (exact) mass is 540 g/mol. The minimum atomic E-state index is -4.12. The lowest BCUT2D eigenvalue weighted by atomic mass is 10.1. The van der Waals surface area contributed by atoms with Crippen LogP contribution >= 0.6 is 46.3 Å². The third-order valence-electron chi connectivity index (χ3n) is 4.67. The Morgan fingerprint density at radius 1 is 1.03 bits per heavy atom. The van der Waals surface area contributed by atoms with Crippen molar-refractivity contribution < 1.29 is 13.2 Å². The maximum Gasteiger partial charge on any atom is 0.280 e. The molecule has 0 fully saturated rings. The third-order valence-corrected chi connectivity index (χ3v) is 7.58. The van der Waals surface area contributed by atoms with Gasteiger partial charge in [0.2, 0.25) is 0 Å². The molecule has 4 rings (SSSR count). The van der Waals surface area contributed by atoms with Crippen LogP contribution in [0, 0.1) is 0 Å². The summed E-state index contributed by atoms with van der Waals surface area (Å²) < 4.78 is 33.3. The summed E-state index contributed by atoms with van der Waals surface area (Å²) >= 11 is 19.3. The number of anilines is 1. The van der Waals surface area contributed by atoms with Crippen molar-refractivity contribution in [2.24, 2.45) is 0 Å². The van der Waals surface area contributed by atoms with Gasteiger partial charge in [0.25, 0.3) is 15.9 Å². The zero-order valence-corrected chi connectivity index (χ0v) is 20.6. The minimum Gasteiger partial charge on any atom is -0.352 e. The van der Waals surface area contributed by atoms with Crippen molar-refractivity contribution in [2.45, 2.75) is 11.4 Å². The van der Waals surface area contributed by atoms with Crippen molar-refractivity contribution in [1.82, 2.24) is 14.7 Å². The van der Waals surface area contributed by atoms with Crippen molar-refractivity contribution in [3.05, 3.63) is 81.1 Å². The van der Waals surface area contributed by atoms with E-state index in [9.17, 15) is 13.2 Å². The second-order valence-corrected chi connectivity index (χ2v) is 10.6. The van der Waals surface area contributed by atoms with Gasteiger partial charge in [0.15, 0.2) is 5.03 Å². The first-order valence-corrected chi connectivity index (χ1v) is 12.9. The summed E-state index contributed by atoms with van der Waals surface area (Å²) in [6.07, 6.45) is 3.30. The van der Waals surface area contributed by atoms with E-state index in [1.54, 1.807) is 24.3 Å². The molecule has 1 amide bonds. The maximum atomic E-state index is 13.1. The second kappa shape index (κ2) is 9.82. The Bertz CT molecular complexity index is 1460. The third kappa shape index (κ3) is 5.39. The Hall–Kier alpha value is -2.43. The molecule has 2 aromatic heterocycles. The van der Waals surface area contributed by atoms with Crippen LogP contribution in [0.5, 0.6) is 0 Å². The van der Waals surface area contributed by atoms with Gasteiger partial charge in [-0.1, -0.05) is 40.9 Å². The first-order chi connectivity index (χ1) is 15.7. The van der Waals surface area contributed by atoms with Gasteiger partial charge < -0.3 is 5.32 Å². The Balaban J connectivity index is 1.54. The van der Waals surface area contributed by atoms with Gasteiger partial charge in [-0.05, 0) is 59.9 Å². The van der Waals surface area contributed by atoms with Gasteiger partial charge in [0.05, 0.1) is 27.5 Å². The number of nitrogens with zero attached hydrogens (tertiary/aromatic N) is 2. The van der Waals surface area contributed by atoms with E-state index in [4.69, 9.17) is 34.8 Å². The van der Waals surface area contributed by atoms with Crippen molar-refractivity contribution in [2.75, 3.05) is 11.3 Å². The van der Waals surface area contributed by atoms with Gasteiger partial charge >= 0.3 is 0 Å². The molecule has 7 nitrogen and oxygen atoms in total. The number of amides is 1. The molecule has 33 heavy (non-hydrogen) atoms. The number of carbonyl (C=O) groups excluding carboxylic acids is 1. The number of hydrogen-bond acceptors (Lipinski definition) is 6. The number of nitrogens with one attached hydrogen (secondary N) is 2. The molecule has 2 aromatic carbocycles. The number of pyridine rings is 1. The van der Waals surface area contributed by atoms with E-state index in [1.165, 1.54) is 30.6 Å². The Labute approximate surface area is 208 Å². The number of aromatic nitrogens is 2. The summed E-state index contributed by atoms with van der Waals surface area (Å²) in [5.41, 5.74) is 0.967. The van der Waals surface area contributed by atoms with Gasteiger partial charge in [0, 0.05) is 27.8 Å². The molecule has 0 atom stereocenters. The quantitative estimate of drug-likeness (QED) is 0.325. The number of hydrogen-bond donors (Lipinski definition) is 2. The lowest BCUT2D eigenvalue weighted by molar-refractivity contribution is 0.0955. The van der Waals surface area contributed by atoms with E-state index in [0.29, 0.717) is 26.6 Å². The fraction of sp³-hybridized carbons (Fsp3) is 0.0952. The Morgan fingerprint density at radius 3 is 2.58 bits per heavy atom. The number of fused-ring (bicyclic) bond motifs is 1. The number of carbonyl (C=O) groups is 1. The molecule has 0 bridgehead atoms. The number of halogens is 3. The topological polar surface area (TPSA) is 101 Å². The van der Waals surface area contributed by atoms with Crippen LogP contribution in [0.2, 0.25) is 15.1 Å². The lowest BCUT2D eigenvalue weighted by Gasteiger charge is -2.13. The van der Waals surface area contributed by atoms with E-state index in [0.717, 1.165) is 17.1 Å². The van der Waals surface area contributed by atoms with Gasteiger partial charge in [-0.2, -0.15) is 12.8 Å². The predicted octanol–water partition coefficient (Wildman–Crippen LogP) is 5.42. The zero-order chi connectivity index (χ0) is 23.6. The van der Waals surface area contributed by atoms with E-state index >= 15 is 0 Å². The standard InChI is InChI=1S/C21H15Cl3N4O3S2/c22-13-2-1-12(17(24)9-13)5-7-25-20(29)15-4-3-14(23)10-18(15)28-33(30,31)21-16-11-27-32-19(16)6-8-26-21/h1-4,6,8-11,28H,5,7H2,(H,25,29). The summed E-state index contributed by atoms with van der Waals surface area (Å²) in [6.45, 7) is 0.274. The van der Waals surface area contributed by atoms with Gasteiger partial charge in [-0.3, -0.25) is 9.52 Å². The molecule has 0 aliphatic heterocycles. The van der Waals surface area contributed by atoms with Gasteiger partial charge in [0.1, 0.15) is 0 Å². The highest BCUT2D eigenvalue weighted by Gasteiger charge is 2.23. The molecule has 170 valence electrons. The Kier molecular flexibility index (Phi) is 7.06. The average molecular weight is 542 g/mol. The molecule has 12 heteroatoms. The van der Waals surface area contributed by atoms with Crippen molar-refractivity contribution in [3.63, 3.8) is 0 Å².